The third-order valence-corrected chi connectivity index (χ3v) is 1.99. The number of halogens is 1. The van der Waals surface area contributed by atoms with E-state index in [1.165, 1.54) is 0 Å². The third kappa shape index (κ3) is 1.50. The van der Waals surface area contributed by atoms with Crippen LogP contribution < -0.4 is 0 Å². The highest BCUT2D eigenvalue weighted by Gasteiger charge is 2.04. The summed E-state index contributed by atoms with van der Waals surface area (Å²) in [7, 11) is 0. The fourth-order valence-corrected chi connectivity index (χ4v) is 1.33. The predicted octanol–water partition coefficient (Wildman–Crippen LogP) is 0.918. The molecule has 0 radical (unpaired) electrons. The molecular weight excluding hydrogens is 190 g/mol. The number of rotatable bonds is 2. The van der Waals surface area contributed by atoms with Crippen molar-refractivity contribution in [2.24, 2.45) is 0 Å². The van der Waals surface area contributed by atoms with Gasteiger partial charge in [-0.1, -0.05) is 11.6 Å². The van der Waals surface area contributed by atoms with Gasteiger partial charge in [-0.2, -0.15) is 5.10 Å². The van der Waals surface area contributed by atoms with Crippen molar-refractivity contribution in [3.8, 4) is 0 Å². The van der Waals surface area contributed by atoms with Gasteiger partial charge in [-0.05, 0) is 12.1 Å². The Hall–Kier alpha value is -1.13. The highest BCUT2D eigenvalue weighted by Crippen LogP contribution is 2.14. The Balaban J connectivity index is 2.55. The molecule has 0 aliphatic carbocycles. The second kappa shape index (κ2) is 3.32. The van der Waals surface area contributed by atoms with Crippen LogP contribution in [0.1, 0.15) is 5.82 Å². The zero-order valence-corrected chi connectivity index (χ0v) is 7.57. The van der Waals surface area contributed by atoms with E-state index in [9.17, 15) is 0 Å². The van der Waals surface area contributed by atoms with Crippen LogP contribution in [-0.4, -0.2) is 26.3 Å². The Morgan fingerprint density at radius 3 is 3.08 bits per heavy atom. The van der Waals surface area contributed by atoms with Gasteiger partial charge in [-0.25, -0.2) is 9.50 Å². The lowest BCUT2D eigenvalue weighted by atomic mass is 10.4. The molecule has 0 bridgehead atoms. The molecule has 0 saturated heterocycles. The van der Waals surface area contributed by atoms with Crippen molar-refractivity contribution < 1.29 is 5.11 Å². The number of aliphatic hydroxyl groups is 1. The largest absolute Gasteiger partial charge is 0.396 e. The maximum Gasteiger partial charge on any atom is 0.174 e. The third-order valence-electron chi connectivity index (χ3n) is 1.69. The van der Waals surface area contributed by atoms with Gasteiger partial charge < -0.3 is 5.11 Å². The molecule has 0 aromatic carbocycles. The van der Waals surface area contributed by atoms with Gasteiger partial charge in [-0.3, -0.25) is 0 Å². The molecule has 5 heteroatoms. The van der Waals surface area contributed by atoms with Crippen LogP contribution in [0, 0.1) is 0 Å². The van der Waals surface area contributed by atoms with Crippen molar-refractivity contribution in [1.82, 2.24) is 14.6 Å². The van der Waals surface area contributed by atoms with E-state index >= 15 is 0 Å². The molecule has 0 fully saturated rings. The zero-order chi connectivity index (χ0) is 9.26. The standard InChI is InChI=1S/C8H8ClN3O/c9-6-2-1-4-12-8(6)10-7(11-12)3-5-13/h1-2,4,13H,3,5H2. The highest BCUT2D eigenvalue weighted by molar-refractivity contribution is 6.33. The first kappa shape index (κ1) is 8.47. The van der Waals surface area contributed by atoms with E-state index in [1.807, 2.05) is 0 Å². The summed E-state index contributed by atoms with van der Waals surface area (Å²) < 4.78 is 1.60. The van der Waals surface area contributed by atoms with E-state index in [0.717, 1.165) is 0 Å². The van der Waals surface area contributed by atoms with Crippen molar-refractivity contribution >= 4 is 17.2 Å². The second-order valence-corrected chi connectivity index (χ2v) is 3.03. The first-order valence-corrected chi connectivity index (χ1v) is 4.29. The zero-order valence-electron chi connectivity index (χ0n) is 6.81. The van der Waals surface area contributed by atoms with Crippen LogP contribution in [-0.2, 0) is 6.42 Å². The van der Waals surface area contributed by atoms with E-state index in [-0.39, 0.29) is 6.61 Å². The fraction of sp³-hybridized carbons (Fsp3) is 0.250. The SMILES string of the molecule is OCCc1nc2c(Cl)cccn2n1. The summed E-state index contributed by atoms with van der Waals surface area (Å²) in [4.78, 5) is 4.16. The Morgan fingerprint density at radius 1 is 1.54 bits per heavy atom. The van der Waals surface area contributed by atoms with Crippen molar-refractivity contribution in [2.75, 3.05) is 6.61 Å². The molecule has 13 heavy (non-hydrogen) atoms. The molecule has 2 aromatic heterocycles. The Bertz CT molecular complexity index is 426. The molecule has 2 rings (SSSR count). The van der Waals surface area contributed by atoms with E-state index in [2.05, 4.69) is 10.1 Å². The number of aromatic nitrogens is 3. The number of hydrogen-bond acceptors (Lipinski definition) is 3. The normalized spacial score (nSPS) is 10.9. The monoisotopic (exact) mass is 197 g/mol. The lowest BCUT2D eigenvalue weighted by molar-refractivity contribution is 0.296. The summed E-state index contributed by atoms with van der Waals surface area (Å²) in [5, 5.41) is 13.4. The number of pyridine rings is 1. The van der Waals surface area contributed by atoms with Crippen LogP contribution in [0.25, 0.3) is 5.65 Å². The number of aliphatic hydroxyl groups excluding tert-OH is 1. The van der Waals surface area contributed by atoms with E-state index in [0.29, 0.717) is 22.9 Å². The van der Waals surface area contributed by atoms with Crippen molar-refractivity contribution in [1.29, 1.82) is 0 Å². The minimum absolute atomic E-state index is 0.0501. The molecule has 2 heterocycles. The van der Waals surface area contributed by atoms with Gasteiger partial charge in [0, 0.05) is 12.6 Å². The maximum atomic E-state index is 8.69. The van der Waals surface area contributed by atoms with Gasteiger partial charge in [0.1, 0.15) is 0 Å². The van der Waals surface area contributed by atoms with Crippen LogP contribution >= 0.6 is 11.6 Å². The lowest BCUT2D eigenvalue weighted by Crippen LogP contribution is -1.93. The van der Waals surface area contributed by atoms with Crippen LogP contribution in [0.4, 0.5) is 0 Å². The molecule has 0 amide bonds. The quantitative estimate of drug-likeness (QED) is 0.779. The summed E-state index contributed by atoms with van der Waals surface area (Å²) in [6.45, 7) is 0.0501. The predicted molar refractivity (Wildman–Crippen MR) is 48.8 cm³/mol. The number of fused-ring (bicyclic) bond motifs is 1. The smallest absolute Gasteiger partial charge is 0.174 e. The molecule has 68 valence electrons. The number of hydrogen-bond donors (Lipinski definition) is 1. The first-order chi connectivity index (χ1) is 6.31. The summed E-state index contributed by atoms with van der Waals surface area (Å²) in [6.07, 6.45) is 2.23. The molecule has 0 atom stereocenters. The summed E-state index contributed by atoms with van der Waals surface area (Å²) in [5.41, 5.74) is 0.632. The van der Waals surface area contributed by atoms with Crippen LogP contribution in [0.2, 0.25) is 5.02 Å². The number of nitrogens with zero attached hydrogens (tertiary/aromatic N) is 3. The molecular formula is C8H8ClN3O. The van der Waals surface area contributed by atoms with Gasteiger partial charge >= 0.3 is 0 Å². The second-order valence-electron chi connectivity index (χ2n) is 2.63. The molecule has 0 unspecified atom stereocenters. The lowest BCUT2D eigenvalue weighted by Gasteiger charge is -1.90. The average Bonchev–Trinajstić information content (AvgIpc) is 2.49. The summed E-state index contributed by atoms with van der Waals surface area (Å²) in [6, 6.07) is 3.56. The molecule has 0 spiro atoms. The Morgan fingerprint density at radius 2 is 2.38 bits per heavy atom. The van der Waals surface area contributed by atoms with Gasteiger partial charge in [0.25, 0.3) is 0 Å². The van der Waals surface area contributed by atoms with Crippen LogP contribution in [0.5, 0.6) is 0 Å². The fourth-order valence-electron chi connectivity index (χ4n) is 1.12. The van der Waals surface area contributed by atoms with Crippen molar-refractivity contribution in [2.45, 2.75) is 6.42 Å². The molecule has 0 aliphatic heterocycles. The van der Waals surface area contributed by atoms with Gasteiger partial charge in [-0.15, -0.1) is 0 Å². The summed E-state index contributed by atoms with van der Waals surface area (Å²) >= 11 is 5.88. The average molecular weight is 198 g/mol. The van der Waals surface area contributed by atoms with Crippen LogP contribution in [0.15, 0.2) is 18.3 Å². The minimum atomic E-state index is 0.0501. The molecule has 4 nitrogen and oxygen atoms in total. The first-order valence-electron chi connectivity index (χ1n) is 3.92. The van der Waals surface area contributed by atoms with Gasteiger partial charge in [0.15, 0.2) is 11.5 Å². The Labute approximate surface area is 79.8 Å². The summed E-state index contributed by atoms with van der Waals surface area (Å²) in [5.74, 6) is 0.607. The van der Waals surface area contributed by atoms with Crippen molar-refractivity contribution in [3.63, 3.8) is 0 Å². The Kier molecular flexibility index (Phi) is 2.16. The minimum Gasteiger partial charge on any atom is -0.396 e. The molecule has 1 N–H and O–H groups in total. The van der Waals surface area contributed by atoms with Crippen LogP contribution in [0.3, 0.4) is 0 Å². The maximum absolute atomic E-state index is 8.69. The molecule has 2 aromatic rings. The van der Waals surface area contributed by atoms with E-state index in [4.69, 9.17) is 16.7 Å². The topological polar surface area (TPSA) is 50.4 Å². The highest BCUT2D eigenvalue weighted by atomic mass is 35.5. The molecule has 0 saturated carbocycles. The van der Waals surface area contributed by atoms with E-state index in [1.54, 1.807) is 22.8 Å². The van der Waals surface area contributed by atoms with E-state index < -0.39 is 0 Å². The van der Waals surface area contributed by atoms with Crippen molar-refractivity contribution in [3.05, 3.63) is 29.2 Å². The molecule has 0 aliphatic rings. The van der Waals surface area contributed by atoms with Gasteiger partial charge in [0.2, 0.25) is 0 Å². The van der Waals surface area contributed by atoms with Gasteiger partial charge in [0.05, 0.1) is 11.6 Å².